The molecule has 0 saturated heterocycles. The minimum Gasteiger partial charge on any atom is -0.229 e. The zero-order valence-electron chi connectivity index (χ0n) is 11.9. The van der Waals surface area contributed by atoms with E-state index in [-0.39, 0.29) is 5.75 Å². The van der Waals surface area contributed by atoms with Gasteiger partial charge < -0.3 is 0 Å². The lowest BCUT2D eigenvalue weighted by Crippen LogP contribution is -2.17. The van der Waals surface area contributed by atoms with Crippen LogP contribution in [0.5, 0.6) is 0 Å². The number of sulfone groups is 1. The summed E-state index contributed by atoms with van der Waals surface area (Å²) in [6.07, 6.45) is 0.832. The number of tetrazole rings is 1. The third kappa shape index (κ3) is 3.59. The van der Waals surface area contributed by atoms with Gasteiger partial charge in [-0.05, 0) is 35.4 Å². The highest BCUT2D eigenvalue weighted by Crippen LogP contribution is 2.30. The molecule has 0 saturated carbocycles. The van der Waals surface area contributed by atoms with Gasteiger partial charge in [0, 0.05) is 11.6 Å². The molecule has 21 heavy (non-hydrogen) atoms. The van der Waals surface area contributed by atoms with Crippen molar-refractivity contribution in [2.45, 2.75) is 37.8 Å². The lowest BCUT2D eigenvalue weighted by Gasteiger charge is -2.14. The van der Waals surface area contributed by atoms with Crippen molar-refractivity contribution in [2.24, 2.45) is 0 Å². The molecule has 0 aliphatic carbocycles. The van der Waals surface area contributed by atoms with E-state index in [2.05, 4.69) is 15.5 Å². The molecule has 0 amide bonds. The van der Waals surface area contributed by atoms with Crippen molar-refractivity contribution in [3.63, 3.8) is 0 Å². The lowest BCUT2D eigenvalue weighted by molar-refractivity contribution is 0.553. The first kappa shape index (κ1) is 15.9. The van der Waals surface area contributed by atoms with Crippen LogP contribution in [0.3, 0.4) is 0 Å². The molecular formula is C13H17ClN4O2S. The van der Waals surface area contributed by atoms with E-state index in [4.69, 9.17) is 11.6 Å². The van der Waals surface area contributed by atoms with Crippen LogP contribution in [0.15, 0.2) is 24.3 Å². The fourth-order valence-corrected chi connectivity index (χ4v) is 3.79. The molecular weight excluding hydrogens is 312 g/mol. The summed E-state index contributed by atoms with van der Waals surface area (Å²) < 4.78 is 26.6. The Morgan fingerprint density at radius 3 is 2.71 bits per heavy atom. The topological polar surface area (TPSA) is 77.7 Å². The molecule has 0 N–H and O–H groups in total. The summed E-state index contributed by atoms with van der Waals surface area (Å²) in [6, 6.07) is 6.95. The fraction of sp³-hybridized carbons (Fsp3) is 0.462. The average Bonchev–Trinajstić information content (AvgIpc) is 2.86. The number of aromatic nitrogens is 4. The van der Waals surface area contributed by atoms with Crippen LogP contribution in [-0.4, -0.2) is 28.6 Å². The Morgan fingerprint density at radius 2 is 2.05 bits per heavy atom. The molecule has 0 spiro atoms. The summed E-state index contributed by atoms with van der Waals surface area (Å²) in [7, 11) is -3.45. The van der Waals surface area contributed by atoms with E-state index in [1.54, 1.807) is 31.2 Å². The van der Waals surface area contributed by atoms with Crippen molar-refractivity contribution >= 4 is 21.4 Å². The van der Waals surface area contributed by atoms with Gasteiger partial charge in [0.25, 0.3) is 0 Å². The van der Waals surface area contributed by atoms with E-state index < -0.39 is 15.1 Å². The summed E-state index contributed by atoms with van der Waals surface area (Å²) in [5, 5.41) is 10.9. The molecule has 0 aliphatic rings. The third-order valence-electron chi connectivity index (χ3n) is 3.25. The maximum Gasteiger partial charge on any atom is 0.166 e. The van der Waals surface area contributed by atoms with E-state index in [1.165, 1.54) is 4.68 Å². The molecule has 6 nitrogen and oxygen atoms in total. The molecule has 1 aromatic carbocycles. The number of nitrogens with zero attached hydrogens (tertiary/aromatic N) is 4. The number of benzene rings is 1. The highest BCUT2D eigenvalue weighted by atomic mass is 35.5. The quantitative estimate of drug-likeness (QED) is 0.813. The molecule has 114 valence electrons. The van der Waals surface area contributed by atoms with Gasteiger partial charge in [-0.3, -0.25) is 0 Å². The van der Waals surface area contributed by atoms with Crippen molar-refractivity contribution < 1.29 is 8.42 Å². The Morgan fingerprint density at radius 1 is 1.33 bits per heavy atom. The largest absolute Gasteiger partial charge is 0.229 e. The minimum absolute atomic E-state index is 0.202. The van der Waals surface area contributed by atoms with Crippen molar-refractivity contribution in [1.82, 2.24) is 20.2 Å². The summed E-state index contributed by atoms with van der Waals surface area (Å²) >= 11 is 6.08. The summed E-state index contributed by atoms with van der Waals surface area (Å²) in [5.41, 5.74) is 0.591. The van der Waals surface area contributed by atoms with E-state index in [1.807, 2.05) is 6.92 Å². The number of rotatable bonds is 6. The van der Waals surface area contributed by atoms with Crippen molar-refractivity contribution in [3.05, 3.63) is 40.7 Å². The van der Waals surface area contributed by atoms with Crippen LogP contribution in [-0.2, 0) is 22.1 Å². The van der Waals surface area contributed by atoms with Gasteiger partial charge in [-0.25, -0.2) is 13.1 Å². The molecule has 0 bridgehead atoms. The third-order valence-corrected chi connectivity index (χ3v) is 5.59. The highest BCUT2D eigenvalue weighted by Gasteiger charge is 2.27. The molecule has 8 heteroatoms. The normalized spacial score (nSPS) is 13.3. The van der Waals surface area contributed by atoms with Crippen LogP contribution >= 0.6 is 11.6 Å². The number of halogens is 1. The summed E-state index contributed by atoms with van der Waals surface area (Å²) in [5.74, 6) is 0.155. The lowest BCUT2D eigenvalue weighted by atomic mass is 10.2. The van der Waals surface area contributed by atoms with Crippen LogP contribution in [0.1, 0.15) is 36.9 Å². The average molecular weight is 329 g/mol. The van der Waals surface area contributed by atoms with E-state index in [0.29, 0.717) is 23.0 Å². The fourth-order valence-electron chi connectivity index (χ4n) is 2.02. The molecule has 2 rings (SSSR count). The SMILES string of the molecule is CCCn1nnnc1CS(=O)(=O)[C@@H](C)c1ccccc1Cl. The number of aryl methyl sites for hydroxylation is 1. The van der Waals surface area contributed by atoms with Gasteiger partial charge in [-0.2, -0.15) is 0 Å². The molecule has 2 aromatic rings. The zero-order valence-corrected chi connectivity index (χ0v) is 13.5. The Labute approximate surface area is 129 Å². The number of hydrogen-bond acceptors (Lipinski definition) is 5. The zero-order chi connectivity index (χ0) is 15.5. The maximum absolute atomic E-state index is 12.5. The van der Waals surface area contributed by atoms with Crippen LogP contribution in [0.25, 0.3) is 0 Å². The van der Waals surface area contributed by atoms with Gasteiger partial charge in [0.15, 0.2) is 15.7 Å². The predicted molar refractivity (Wildman–Crippen MR) is 80.6 cm³/mol. The van der Waals surface area contributed by atoms with Gasteiger partial charge in [0.2, 0.25) is 0 Å². The van der Waals surface area contributed by atoms with E-state index >= 15 is 0 Å². The first-order valence-electron chi connectivity index (χ1n) is 6.66. The first-order chi connectivity index (χ1) is 9.95. The van der Waals surface area contributed by atoms with Gasteiger partial charge >= 0.3 is 0 Å². The van der Waals surface area contributed by atoms with Gasteiger partial charge in [0.05, 0.1) is 5.25 Å². The van der Waals surface area contributed by atoms with Crippen molar-refractivity contribution in [2.75, 3.05) is 0 Å². The van der Waals surface area contributed by atoms with E-state index in [9.17, 15) is 8.42 Å². The minimum atomic E-state index is -3.45. The van der Waals surface area contributed by atoms with Crippen LogP contribution in [0.2, 0.25) is 5.02 Å². The summed E-state index contributed by atoms with van der Waals surface area (Å²) in [6.45, 7) is 4.20. The highest BCUT2D eigenvalue weighted by molar-refractivity contribution is 7.90. The summed E-state index contributed by atoms with van der Waals surface area (Å²) in [4.78, 5) is 0. The molecule has 0 aliphatic heterocycles. The van der Waals surface area contributed by atoms with Gasteiger partial charge in [0.1, 0.15) is 5.75 Å². The molecule has 0 unspecified atom stereocenters. The standard InChI is InChI=1S/C13H17ClN4O2S/c1-3-8-18-13(15-16-17-18)9-21(19,20)10(2)11-6-4-5-7-12(11)14/h4-7,10H,3,8-9H2,1-2H3/t10-/m0/s1. The molecule has 1 heterocycles. The second-order valence-electron chi connectivity index (χ2n) is 4.79. The van der Waals surface area contributed by atoms with E-state index in [0.717, 1.165) is 6.42 Å². The van der Waals surface area contributed by atoms with Crippen molar-refractivity contribution in [1.29, 1.82) is 0 Å². The van der Waals surface area contributed by atoms with Crippen LogP contribution < -0.4 is 0 Å². The van der Waals surface area contributed by atoms with Crippen LogP contribution in [0.4, 0.5) is 0 Å². The predicted octanol–water partition coefficient (Wildman–Crippen LogP) is 2.41. The Bertz CT molecular complexity index is 714. The molecule has 0 fully saturated rings. The van der Waals surface area contributed by atoms with Gasteiger partial charge in [-0.1, -0.05) is 36.7 Å². The molecule has 1 aromatic heterocycles. The Kier molecular flexibility index (Phi) is 4.95. The smallest absolute Gasteiger partial charge is 0.166 e. The molecule has 1 atom stereocenters. The first-order valence-corrected chi connectivity index (χ1v) is 8.76. The second kappa shape index (κ2) is 6.53. The maximum atomic E-state index is 12.5. The second-order valence-corrected chi connectivity index (χ2v) is 7.52. The monoisotopic (exact) mass is 328 g/mol. The van der Waals surface area contributed by atoms with Crippen molar-refractivity contribution in [3.8, 4) is 0 Å². The molecule has 0 radical (unpaired) electrons. The Hall–Kier alpha value is -1.47. The van der Waals surface area contributed by atoms with Gasteiger partial charge in [-0.15, -0.1) is 5.10 Å². The number of hydrogen-bond donors (Lipinski definition) is 0. The van der Waals surface area contributed by atoms with Crippen LogP contribution in [0, 0.1) is 0 Å². The Balaban J connectivity index is 2.26.